The Bertz CT molecular complexity index is 1060. The zero-order chi connectivity index (χ0) is 24.0. The highest BCUT2D eigenvalue weighted by Crippen LogP contribution is 2.26. The maximum atomic E-state index is 11.2. The molecule has 0 radical (unpaired) electrons. The van der Waals surface area contributed by atoms with E-state index < -0.39 is 5.60 Å². The molecule has 4 rings (SSSR count). The Hall–Kier alpha value is -2.83. The number of nitrogens with zero attached hydrogens (tertiary/aromatic N) is 3. The lowest BCUT2D eigenvalue weighted by molar-refractivity contribution is -0.0170. The number of likely N-dealkylation sites (tertiary alicyclic amines) is 1. The van der Waals surface area contributed by atoms with Gasteiger partial charge in [0, 0.05) is 19.3 Å². The second-order valence-electron chi connectivity index (χ2n) is 9.68. The van der Waals surface area contributed by atoms with Crippen molar-refractivity contribution in [2.75, 3.05) is 26.3 Å². The van der Waals surface area contributed by atoms with Crippen LogP contribution < -0.4 is 9.47 Å². The molecule has 0 amide bonds. The molecular formula is C28H37N3O3. The largest absolute Gasteiger partial charge is 0.492 e. The van der Waals surface area contributed by atoms with Gasteiger partial charge in [-0.1, -0.05) is 29.8 Å². The molecule has 1 N–H and O–H groups in total. The third kappa shape index (κ3) is 6.84. The predicted molar refractivity (Wildman–Crippen MR) is 134 cm³/mol. The van der Waals surface area contributed by atoms with E-state index in [2.05, 4.69) is 48.1 Å². The lowest BCUT2D eigenvalue weighted by Crippen LogP contribution is -2.37. The van der Waals surface area contributed by atoms with E-state index in [1.54, 1.807) is 0 Å². The van der Waals surface area contributed by atoms with E-state index in [1.165, 1.54) is 11.1 Å². The molecular weight excluding hydrogens is 426 g/mol. The Kier molecular flexibility index (Phi) is 7.91. The summed E-state index contributed by atoms with van der Waals surface area (Å²) in [6, 6.07) is 14.5. The molecule has 3 aromatic rings. The van der Waals surface area contributed by atoms with Gasteiger partial charge in [0.1, 0.15) is 24.7 Å². The minimum Gasteiger partial charge on any atom is -0.492 e. The van der Waals surface area contributed by atoms with Crippen LogP contribution in [0.15, 0.2) is 54.9 Å². The van der Waals surface area contributed by atoms with Crippen LogP contribution in [0.2, 0.25) is 0 Å². The maximum Gasteiger partial charge on any atom is 0.122 e. The maximum absolute atomic E-state index is 11.2. The van der Waals surface area contributed by atoms with E-state index in [1.807, 2.05) is 42.2 Å². The van der Waals surface area contributed by atoms with Crippen LogP contribution in [0.4, 0.5) is 0 Å². The van der Waals surface area contributed by atoms with Crippen LogP contribution in [0.3, 0.4) is 0 Å². The molecule has 1 atom stereocenters. The fourth-order valence-corrected chi connectivity index (χ4v) is 4.51. The summed E-state index contributed by atoms with van der Waals surface area (Å²) in [5.74, 6) is 1.74. The summed E-state index contributed by atoms with van der Waals surface area (Å²) in [6.45, 7) is 10.5. The Morgan fingerprint density at radius 3 is 2.53 bits per heavy atom. The molecule has 0 aliphatic carbocycles. The number of aryl methyl sites for hydroxylation is 3. The van der Waals surface area contributed by atoms with Crippen LogP contribution in [0.25, 0.3) is 0 Å². The first kappa shape index (κ1) is 24.3. The van der Waals surface area contributed by atoms with Crippen molar-refractivity contribution in [2.24, 2.45) is 0 Å². The standard InChI is InChI=1S/C28H37N3O3/c1-22-5-10-27(24(3)17-22)34-21-28(32)11-4-13-30(14-12-28)20-25-6-8-26(9-7-25)33-16-15-31-19-23(2)18-29-31/h5-10,17-19,32H,4,11-16,20-21H2,1-3H3/t28-/m1/s1. The third-order valence-electron chi connectivity index (χ3n) is 6.52. The van der Waals surface area contributed by atoms with Gasteiger partial charge in [-0.05, 0) is 81.5 Å². The zero-order valence-corrected chi connectivity index (χ0v) is 20.7. The van der Waals surface area contributed by atoms with Gasteiger partial charge in [-0.25, -0.2) is 0 Å². The van der Waals surface area contributed by atoms with Crippen molar-refractivity contribution in [3.05, 3.63) is 77.1 Å². The van der Waals surface area contributed by atoms with Crippen LogP contribution in [0, 0.1) is 20.8 Å². The first-order valence-electron chi connectivity index (χ1n) is 12.2. The van der Waals surface area contributed by atoms with Crippen molar-refractivity contribution >= 4 is 0 Å². The highest BCUT2D eigenvalue weighted by molar-refractivity contribution is 5.35. The number of hydrogen-bond acceptors (Lipinski definition) is 5. The van der Waals surface area contributed by atoms with Crippen LogP contribution in [0.1, 0.15) is 41.5 Å². The fourth-order valence-electron chi connectivity index (χ4n) is 4.51. The van der Waals surface area contributed by atoms with Gasteiger partial charge in [0.2, 0.25) is 0 Å². The quantitative estimate of drug-likeness (QED) is 0.499. The average Bonchev–Trinajstić information content (AvgIpc) is 3.13. The SMILES string of the molecule is Cc1ccc(OC[C@@]2(O)CCCN(Cc3ccc(OCCn4cc(C)cn4)cc3)CC2)c(C)c1. The molecule has 1 aliphatic heterocycles. The Morgan fingerprint density at radius 1 is 0.971 bits per heavy atom. The monoisotopic (exact) mass is 463 g/mol. The lowest BCUT2D eigenvalue weighted by Gasteiger charge is -2.27. The van der Waals surface area contributed by atoms with E-state index in [0.717, 1.165) is 61.6 Å². The van der Waals surface area contributed by atoms with Gasteiger partial charge in [0.25, 0.3) is 0 Å². The van der Waals surface area contributed by atoms with Crippen molar-refractivity contribution < 1.29 is 14.6 Å². The summed E-state index contributed by atoms with van der Waals surface area (Å²) in [7, 11) is 0. The normalized spacial score (nSPS) is 19.1. The molecule has 6 heteroatoms. The van der Waals surface area contributed by atoms with Gasteiger partial charge in [-0.2, -0.15) is 5.10 Å². The molecule has 0 unspecified atom stereocenters. The fraction of sp³-hybridized carbons (Fsp3) is 0.464. The van der Waals surface area contributed by atoms with Gasteiger partial charge in [-0.3, -0.25) is 9.58 Å². The first-order chi connectivity index (χ1) is 16.4. The van der Waals surface area contributed by atoms with E-state index in [0.29, 0.717) is 19.6 Å². The molecule has 1 aromatic heterocycles. The predicted octanol–water partition coefficient (Wildman–Crippen LogP) is 4.68. The molecule has 0 spiro atoms. The highest BCUT2D eigenvalue weighted by atomic mass is 16.5. The third-order valence-corrected chi connectivity index (χ3v) is 6.52. The molecule has 1 saturated heterocycles. The molecule has 0 saturated carbocycles. The smallest absolute Gasteiger partial charge is 0.122 e. The molecule has 182 valence electrons. The number of benzene rings is 2. The summed E-state index contributed by atoms with van der Waals surface area (Å²) in [5.41, 5.74) is 3.97. The van der Waals surface area contributed by atoms with Crippen molar-refractivity contribution in [1.82, 2.24) is 14.7 Å². The van der Waals surface area contributed by atoms with Gasteiger partial charge in [0.05, 0.1) is 18.3 Å². The number of rotatable bonds is 9. The van der Waals surface area contributed by atoms with Crippen molar-refractivity contribution in [1.29, 1.82) is 0 Å². The van der Waals surface area contributed by atoms with Crippen molar-refractivity contribution in [3.63, 3.8) is 0 Å². The second kappa shape index (κ2) is 11.1. The summed E-state index contributed by atoms with van der Waals surface area (Å²) >= 11 is 0. The molecule has 6 nitrogen and oxygen atoms in total. The minimum atomic E-state index is -0.781. The molecule has 1 aliphatic rings. The number of aromatic nitrogens is 2. The van der Waals surface area contributed by atoms with Gasteiger partial charge in [0.15, 0.2) is 0 Å². The Labute approximate surface area is 203 Å². The lowest BCUT2D eigenvalue weighted by atomic mass is 9.96. The van der Waals surface area contributed by atoms with Crippen LogP contribution >= 0.6 is 0 Å². The summed E-state index contributed by atoms with van der Waals surface area (Å²) < 4.78 is 13.8. The molecule has 0 bridgehead atoms. The van der Waals surface area contributed by atoms with E-state index in [4.69, 9.17) is 9.47 Å². The summed E-state index contributed by atoms with van der Waals surface area (Å²) in [6.07, 6.45) is 6.31. The number of aliphatic hydroxyl groups is 1. The summed E-state index contributed by atoms with van der Waals surface area (Å²) in [5, 5.41) is 15.5. The van der Waals surface area contributed by atoms with Crippen molar-refractivity contribution in [3.8, 4) is 11.5 Å². The second-order valence-corrected chi connectivity index (χ2v) is 9.68. The highest BCUT2D eigenvalue weighted by Gasteiger charge is 2.31. The number of ether oxygens (including phenoxy) is 2. The van der Waals surface area contributed by atoms with E-state index >= 15 is 0 Å². The van der Waals surface area contributed by atoms with E-state index in [9.17, 15) is 5.11 Å². The van der Waals surface area contributed by atoms with E-state index in [-0.39, 0.29) is 0 Å². The van der Waals surface area contributed by atoms with Crippen molar-refractivity contribution in [2.45, 2.75) is 58.7 Å². The van der Waals surface area contributed by atoms with Gasteiger partial charge < -0.3 is 14.6 Å². The van der Waals surface area contributed by atoms with Gasteiger partial charge in [-0.15, -0.1) is 0 Å². The van der Waals surface area contributed by atoms with Crippen LogP contribution in [0.5, 0.6) is 11.5 Å². The molecule has 1 fully saturated rings. The molecule has 2 aromatic carbocycles. The van der Waals surface area contributed by atoms with Crippen LogP contribution in [-0.2, 0) is 13.1 Å². The Morgan fingerprint density at radius 2 is 1.79 bits per heavy atom. The summed E-state index contributed by atoms with van der Waals surface area (Å²) in [4.78, 5) is 2.42. The van der Waals surface area contributed by atoms with Crippen LogP contribution in [-0.4, -0.2) is 51.7 Å². The topological polar surface area (TPSA) is 59.8 Å². The van der Waals surface area contributed by atoms with Gasteiger partial charge >= 0.3 is 0 Å². The Balaban J connectivity index is 1.23. The first-order valence-corrected chi connectivity index (χ1v) is 12.2. The number of hydrogen-bond donors (Lipinski definition) is 1. The molecule has 34 heavy (non-hydrogen) atoms. The average molecular weight is 464 g/mol. The zero-order valence-electron chi connectivity index (χ0n) is 20.7. The molecule has 2 heterocycles. The minimum absolute atomic E-state index is 0.342.